The maximum atomic E-state index is 10.5. The standard InChI is InChI=1S/C27H39O2P.BrH/c1-24(2)30(25-18-12-10-13-19-25,26-20-14-11-15-21-26)23-17-9-7-5-3-4-6-8-16-22-27(28)29;/h10-15,18-21,24H,3-9,16-17,22-23H2,1-2H3;1H. The third kappa shape index (κ3) is 9.07. The van der Waals surface area contributed by atoms with Crippen molar-refractivity contribution in [3.8, 4) is 0 Å². The Bertz CT molecular complexity index is 679. The highest BCUT2D eigenvalue weighted by atomic mass is 79.9. The highest BCUT2D eigenvalue weighted by Crippen LogP contribution is 2.61. The topological polar surface area (TPSA) is 37.3 Å². The van der Waals surface area contributed by atoms with Gasteiger partial charge in [-0.2, -0.15) is 0 Å². The molecule has 2 nitrogen and oxygen atoms in total. The van der Waals surface area contributed by atoms with Crippen LogP contribution in [0, 0.1) is 0 Å². The molecule has 0 radical (unpaired) electrons. The summed E-state index contributed by atoms with van der Waals surface area (Å²) in [6, 6.07) is 22.5. The zero-order valence-electron chi connectivity index (χ0n) is 19.3. The molecule has 0 atom stereocenters. The Kier molecular flexibility index (Phi) is 14.0. The molecule has 0 bridgehead atoms. The first-order valence-corrected chi connectivity index (χ1v) is 13.8. The number of rotatable bonds is 15. The lowest BCUT2D eigenvalue weighted by molar-refractivity contribution is -0.137. The Morgan fingerprint density at radius 3 is 1.48 bits per heavy atom. The highest BCUT2D eigenvalue weighted by Gasteiger charge is 2.45. The van der Waals surface area contributed by atoms with Crippen molar-refractivity contribution in [3.05, 3.63) is 60.7 Å². The maximum Gasteiger partial charge on any atom is 0.303 e. The Morgan fingerprint density at radius 2 is 1.10 bits per heavy atom. The first-order chi connectivity index (χ1) is 14.6. The van der Waals surface area contributed by atoms with Crippen LogP contribution in [-0.4, -0.2) is 22.9 Å². The lowest BCUT2D eigenvalue weighted by Gasteiger charge is -2.31. The van der Waals surface area contributed by atoms with Gasteiger partial charge in [-0.1, -0.05) is 74.9 Å². The molecule has 0 aliphatic rings. The number of hydrogen-bond acceptors (Lipinski definition) is 1. The third-order valence-electron chi connectivity index (χ3n) is 6.22. The zero-order valence-corrected chi connectivity index (χ0v) is 21.8. The first kappa shape index (κ1) is 27.9. The summed E-state index contributed by atoms with van der Waals surface area (Å²) in [5, 5.41) is 11.8. The largest absolute Gasteiger partial charge is 1.00 e. The Labute approximate surface area is 201 Å². The Balaban J connectivity index is 0.00000480. The molecule has 0 aromatic heterocycles. The molecule has 0 amide bonds. The van der Waals surface area contributed by atoms with Crippen LogP contribution in [0.1, 0.15) is 78.1 Å². The molecule has 0 aliphatic heterocycles. The van der Waals surface area contributed by atoms with Crippen LogP contribution in [0.2, 0.25) is 0 Å². The summed E-state index contributed by atoms with van der Waals surface area (Å²) in [4.78, 5) is 10.5. The van der Waals surface area contributed by atoms with Crippen molar-refractivity contribution in [1.29, 1.82) is 0 Å². The minimum Gasteiger partial charge on any atom is -1.00 e. The van der Waals surface area contributed by atoms with Gasteiger partial charge in [0.05, 0.1) is 29.7 Å². The number of carboxylic acids is 1. The predicted molar refractivity (Wildman–Crippen MR) is 133 cm³/mol. The van der Waals surface area contributed by atoms with E-state index >= 15 is 0 Å². The van der Waals surface area contributed by atoms with E-state index in [1.54, 1.807) is 10.6 Å². The molecular formula is C27H40BrO2P. The lowest BCUT2D eigenvalue weighted by atomic mass is 10.1. The van der Waals surface area contributed by atoms with Crippen molar-refractivity contribution in [2.75, 3.05) is 6.16 Å². The van der Waals surface area contributed by atoms with Gasteiger partial charge in [-0.25, -0.2) is 0 Å². The number of carboxylic acid groups (broad SMARTS) is 1. The fourth-order valence-electron chi connectivity index (χ4n) is 4.52. The van der Waals surface area contributed by atoms with E-state index < -0.39 is 13.2 Å². The summed E-state index contributed by atoms with van der Waals surface area (Å²) in [7, 11) is -1.40. The van der Waals surface area contributed by atoms with Gasteiger partial charge >= 0.3 is 5.97 Å². The van der Waals surface area contributed by atoms with Crippen LogP contribution < -0.4 is 27.6 Å². The van der Waals surface area contributed by atoms with E-state index in [2.05, 4.69) is 74.5 Å². The van der Waals surface area contributed by atoms with Crippen LogP contribution in [0.4, 0.5) is 0 Å². The van der Waals surface area contributed by atoms with Crippen LogP contribution in [0.15, 0.2) is 60.7 Å². The average Bonchev–Trinajstić information content (AvgIpc) is 2.75. The van der Waals surface area contributed by atoms with Gasteiger partial charge in [-0.05, 0) is 57.4 Å². The normalized spacial score (nSPS) is 11.3. The van der Waals surface area contributed by atoms with Gasteiger partial charge in [0.15, 0.2) is 0 Å². The summed E-state index contributed by atoms with van der Waals surface area (Å²) < 4.78 is 0. The lowest BCUT2D eigenvalue weighted by Crippen LogP contribution is -3.00. The monoisotopic (exact) mass is 506 g/mol. The number of carbonyl (C=O) groups is 1. The Morgan fingerprint density at radius 1 is 0.710 bits per heavy atom. The van der Waals surface area contributed by atoms with E-state index in [0.29, 0.717) is 12.1 Å². The van der Waals surface area contributed by atoms with E-state index in [4.69, 9.17) is 5.11 Å². The number of halogens is 1. The van der Waals surface area contributed by atoms with Gasteiger partial charge in [0, 0.05) is 6.42 Å². The zero-order chi connectivity index (χ0) is 21.7. The molecule has 0 spiro atoms. The van der Waals surface area contributed by atoms with Crippen LogP contribution >= 0.6 is 7.26 Å². The van der Waals surface area contributed by atoms with E-state index in [1.807, 2.05) is 0 Å². The van der Waals surface area contributed by atoms with Crippen LogP contribution in [0.5, 0.6) is 0 Å². The van der Waals surface area contributed by atoms with Crippen LogP contribution in [-0.2, 0) is 4.79 Å². The van der Waals surface area contributed by atoms with Crippen molar-refractivity contribution in [1.82, 2.24) is 0 Å². The van der Waals surface area contributed by atoms with Gasteiger partial charge in [0.1, 0.15) is 0 Å². The van der Waals surface area contributed by atoms with E-state index in [-0.39, 0.29) is 17.0 Å². The second-order valence-corrected chi connectivity index (χ2v) is 12.9. The van der Waals surface area contributed by atoms with Crippen LogP contribution in [0.3, 0.4) is 0 Å². The molecule has 0 saturated heterocycles. The number of aliphatic carboxylic acids is 1. The molecule has 0 fully saturated rings. The minimum absolute atomic E-state index is 0. The molecule has 0 heterocycles. The average molecular weight is 507 g/mol. The maximum absolute atomic E-state index is 10.5. The van der Waals surface area contributed by atoms with Crippen molar-refractivity contribution in [2.24, 2.45) is 0 Å². The van der Waals surface area contributed by atoms with E-state index in [1.165, 1.54) is 51.1 Å². The Hall–Kier alpha value is -1.18. The third-order valence-corrected chi connectivity index (χ3v) is 11.4. The molecule has 172 valence electrons. The van der Waals surface area contributed by atoms with Gasteiger partial charge in [0.25, 0.3) is 0 Å². The first-order valence-electron chi connectivity index (χ1n) is 11.8. The van der Waals surface area contributed by atoms with Gasteiger partial charge in [-0.3, -0.25) is 4.79 Å². The summed E-state index contributed by atoms with van der Waals surface area (Å²) in [6.07, 6.45) is 12.5. The van der Waals surface area contributed by atoms with Crippen molar-refractivity contribution in [2.45, 2.75) is 83.7 Å². The number of unbranched alkanes of at least 4 members (excludes halogenated alkanes) is 8. The highest BCUT2D eigenvalue weighted by molar-refractivity contribution is 7.90. The van der Waals surface area contributed by atoms with Crippen LogP contribution in [0.25, 0.3) is 0 Å². The minimum atomic E-state index is -1.40. The predicted octanol–water partition coefficient (Wildman–Crippen LogP) is 4.05. The molecule has 0 unspecified atom stereocenters. The van der Waals surface area contributed by atoms with E-state index in [9.17, 15) is 4.79 Å². The molecule has 1 N–H and O–H groups in total. The molecule has 2 aromatic rings. The fourth-order valence-corrected chi connectivity index (χ4v) is 9.18. The fraction of sp³-hybridized carbons (Fsp3) is 0.519. The molecule has 2 rings (SSSR count). The summed E-state index contributed by atoms with van der Waals surface area (Å²) in [5.74, 6) is -0.665. The molecule has 2 aromatic carbocycles. The van der Waals surface area contributed by atoms with Gasteiger partial charge in [-0.15, -0.1) is 0 Å². The molecular weight excluding hydrogens is 467 g/mol. The van der Waals surface area contributed by atoms with Crippen molar-refractivity contribution in [3.63, 3.8) is 0 Å². The summed E-state index contributed by atoms with van der Waals surface area (Å²) in [6.45, 7) is 4.83. The second kappa shape index (κ2) is 15.6. The van der Waals surface area contributed by atoms with Crippen molar-refractivity contribution >= 4 is 23.8 Å². The number of benzene rings is 2. The summed E-state index contributed by atoms with van der Waals surface area (Å²) >= 11 is 0. The number of hydrogen-bond donors (Lipinski definition) is 1. The molecule has 0 aliphatic carbocycles. The molecule has 0 saturated carbocycles. The smallest absolute Gasteiger partial charge is 0.303 e. The SMILES string of the molecule is CC(C)[P+](CCCCCCCCCCCC(=O)O)(c1ccccc1)c1ccccc1.[Br-]. The van der Waals surface area contributed by atoms with Crippen molar-refractivity contribution < 1.29 is 26.9 Å². The summed E-state index contributed by atoms with van der Waals surface area (Å²) in [5.41, 5.74) is 0.646. The second-order valence-electron chi connectivity index (χ2n) is 8.68. The molecule has 31 heavy (non-hydrogen) atoms. The van der Waals surface area contributed by atoms with Gasteiger partial charge in [0.2, 0.25) is 0 Å². The molecule has 4 heteroatoms. The van der Waals surface area contributed by atoms with E-state index in [0.717, 1.165) is 12.8 Å². The quantitative estimate of drug-likeness (QED) is 0.292. The van der Waals surface area contributed by atoms with Gasteiger partial charge < -0.3 is 22.1 Å².